The van der Waals surface area contributed by atoms with Crippen molar-refractivity contribution >= 4 is 21.6 Å². The molecule has 0 saturated heterocycles. The lowest BCUT2D eigenvalue weighted by molar-refractivity contribution is -0.116. The van der Waals surface area contributed by atoms with Gasteiger partial charge in [-0.1, -0.05) is 17.7 Å². The van der Waals surface area contributed by atoms with Crippen molar-refractivity contribution in [1.29, 1.82) is 0 Å². The minimum atomic E-state index is -3.55. The van der Waals surface area contributed by atoms with E-state index in [0.717, 1.165) is 16.1 Å². The van der Waals surface area contributed by atoms with Crippen LogP contribution in [0.4, 0.5) is 5.69 Å². The summed E-state index contributed by atoms with van der Waals surface area (Å²) in [4.78, 5) is 12.2. The van der Waals surface area contributed by atoms with Gasteiger partial charge in [-0.2, -0.15) is 4.31 Å². The van der Waals surface area contributed by atoms with E-state index in [-0.39, 0.29) is 19.7 Å². The molecule has 146 valence electrons. The highest BCUT2D eigenvalue weighted by molar-refractivity contribution is 7.88. The number of methoxy groups -OCH3 is 1. The molecule has 2 aromatic rings. The monoisotopic (exact) mass is 392 g/mol. The number of hydrogen-bond donors (Lipinski definition) is 1. The number of anilines is 1. The Kier molecular flexibility index (Phi) is 7.20. The number of nitrogens with one attached hydrogen (secondary N) is 1. The second-order valence-electron chi connectivity index (χ2n) is 6.03. The molecule has 0 heterocycles. The number of ether oxygens (including phenoxy) is 2. The van der Waals surface area contributed by atoms with Crippen molar-refractivity contribution in [3.63, 3.8) is 0 Å². The SMILES string of the molecule is COc1ccc(OCCN(CC(=O)Nc2ccc(C)cc2)S(C)(=O)=O)cc1. The molecule has 0 spiro atoms. The fourth-order valence-electron chi connectivity index (χ4n) is 2.30. The summed E-state index contributed by atoms with van der Waals surface area (Å²) in [6.07, 6.45) is 1.07. The molecule has 0 saturated carbocycles. The maximum absolute atomic E-state index is 12.2. The summed E-state index contributed by atoms with van der Waals surface area (Å²) in [6, 6.07) is 14.2. The van der Waals surface area contributed by atoms with Crippen LogP contribution >= 0.6 is 0 Å². The standard InChI is InChI=1S/C19H24N2O5S/c1-15-4-6-16(7-5-15)20-19(22)14-21(27(3,23)24)12-13-26-18-10-8-17(25-2)9-11-18/h4-11H,12-14H2,1-3H3,(H,20,22). The summed E-state index contributed by atoms with van der Waals surface area (Å²) < 4.78 is 35.6. The van der Waals surface area contributed by atoms with E-state index in [2.05, 4.69) is 5.32 Å². The molecule has 1 N–H and O–H groups in total. The molecule has 0 aliphatic rings. The van der Waals surface area contributed by atoms with Crippen LogP contribution in [0, 0.1) is 6.92 Å². The quantitative estimate of drug-likeness (QED) is 0.708. The van der Waals surface area contributed by atoms with E-state index in [4.69, 9.17) is 9.47 Å². The number of benzene rings is 2. The van der Waals surface area contributed by atoms with Gasteiger partial charge in [0.25, 0.3) is 0 Å². The van der Waals surface area contributed by atoms with Gasteiger partial charge in [-0.05, 0) is 43.3 Å². The third-order valence-electron chi connectivity index (χ3n) is 3.79. The summed E-state index contributed by atoms with van der Waals surface area (Å²) in [7, 11) is -1.98. The lowest BCUT2D eigenvalue weighted by Gasteiger charge is -2.19. The minimum Gasteiger partial charge on any atom is -0.497 e. The molecule has 2 aromatic carbocycles. The zero-order valence-electron chi connectivity index (χ0n) is 15.6. The van der Waals surface area contributed by atoms with Gasteiger partial charge in [-0.15, -0.1) is 0 Å². The maximum Gasteiger partial charge on any atom is 0.239 e. The summed E-state index contributed by atoms with van der Waals surface area (Å²) in [5.41, 5.74) is 1.69. The Bertz CT molecular complexity index is 849. The summed E-state index contributed by atoms with van der Waals surface area (Å²) in [5, 5.41) is 2.69. The Morgan fingerprint density at radius 1 is 1.04 bits per heavy atom. The lowest BCUT2D eigenvalue weighted by atomic mass is 10.2. The van der Waals surface area contributed by atoms with E-state index in [1.165, 1.54) is 0 Å². The second-order valence-corrected chi connectivity index (χ2v) is 8.02. The Morgan fingerprint density at radius 2 is 1.63 bits per heavy atom. The van der Waals surface area contributed by atoms with Crippen LogP contribution in [0.2, 0.25) is 0 Å². The van der Waals surface area contributed by atoms with Gasteiger partial charge in [-0.3, -0.25) is 4.79 Å². The van der Waals surface area contributed by atoms with E-state index in [1.807, 2.05) is 19.1 Å². The number of carbonyl (C=O) groups is 1. The summed E-state index contributed by atoms with van der Waals surface area (Å²) in [6.45, 7) is 1.85. The molecule has 0 radical (unpaired) electrons. The van der Waals surface area contributed by atoms with E-state index in [9.17, 15) is 13.2 Å². The van der Waals surface area contributed by atoms with Crippen LogP contribution in [0.25, 0.3) is 0 Å². The number of amides is 1. The van der Waals surface area contributed by atoms with Crippen LogP contribution in [0.15, 0.2) is 48.5 Å². The second kappa shape index (κ2) is 9.38. The Hall–Kier alpha value is -2.58. The first-order chi connectivity index (χ1) is 12.8. The Balaban J connectivity index is 1.90. The third kappa shape index (κ3) is 6.92. The van der Waals surface area contributed by atoms with E-state index in [0.29, 0.717) is 17.2 Å². The first-order valence-corrected chi connectivity index (χ1v) is 10.2. The molecule has 1 amide bonds. The fourth-order valence-corrected chi connectivity index (χ4v) is 3.05. The zero-order valence-corrected chi connectivity index (χ0v) is 16.5. The molecule has 2 rings (SSSR count). The van der Waals surface area contributed by atoms with Gasteiger partial charge in [0.15, 0.2) is 0 Å². The van der Waals surface area contributed by atoms with Crippen molar-refractivity contribution in [2.45, 2.75) is 6.92 Å². The maximum atomic E-state index is 12.2. The predicted molar refractivity (Wildman–Crippen MR) is 105 cm³/mol. The normalized spacial score (nSPS) is 11.3. The molecule has 0 bridgehead atoms. The van der Waals surface area contributed by atoms with Crippen molar-refractivity contribution < 1.29 is 22.7 Å². The number of nitrogens with zero attached hydrogens (tertiary/aromatic N) is 1. The van der Waals surface area contributed by atoms with Gasteiger partial charge in [0.05, 0.1) is 19.9 Å². The van der Waals surface area contributed by atoms with Crippen LogP contribution in [0.5, 0.6) is 11.5 Å². The number of rotatable bonds is 9. The summed E-state index contributed by atoms with van der Waals surface area (Å²) in [5.74, 6) is 0.884. The Morgan fingerprint density at radius 3 is 2.19 bits per heavy atom. The molecule has 7 nitrogen and oxygen atoms in total. The van der Waals surface area contributed by atoms with Crippen molar-refractivity contribution in [1.82, 2.24) is 4.31 Å². The van der Waals surface area contributed by atoms with Gasteiger partial charge in [0.2, 0.25) is 15.9 Å². The molecule has 8 heteroatoms. The first-order valence-electron chi connectivity index (χ1n) is 8.36. The highest BCUT2D eigenvalue weighted by atomic mass is 32.2. The number of sulfonamides is 1. The smallest absolute Gasteiger partial charge is 0.239 e. The highest BCUT2D eigenvalue weighted by Gasteiger charge is 2.20. The van der Waals surface area contributed by atoms with E-state index >= 15 is 0 Å². The van der Waals surface area contributed by atoms with Crippen LogP contribution < -0.4 is 14.8 Å². The Labute approximate surface area is 160 Å². The van der Waals surface area contributed by atoms with Crippen molar-refractivity contribution in [3.05, 3.63) is 54.1 Å². The lowest BCUT2D eigenvalue weighted by Crippen LogP contribution is -2.39. The van der Waals surface area contributed by atoms with Gasteiger partial charge < -0.3 is 14.8 Å². The average molecular weight is 392 g/mol. The fraction of sp³-hybridized carbons (Fsp3) is 0.316. The van der Waals surface area contributed by atoms with Crippen molar-refractivity contribution in [2.75, 3.05) is 38.4 Å². The molecule has 0 aromatic heterocycles. The zero-order chi connectivity index (χ0) is 19.9. The third-order valence-corrected chi connectivity index (χ3v) is 5.04. The average Bonchev–Trinajstić information content (AvgIpc) is 2.62. The van der Waals surface area contributed by atoms with Gasteiger partial charge in [0, 0.05) is 12.2 Å². The molecule has 0 aliphatic carbocycles. The van der Waals surface area contributed by atoms with Crippen LogP contribution in [0.1, 0.15) is 5.56 Å². The van der Waals surface area contributed by atoms with Gasteiger partial charge in [-0.25, -0.2) is 8.42 Å². The van der Waals surface area contributed by atoms with Gasteiger partial charge in [0.1, 0.15) is 18.1 Å². The van der Waals surface area contributed by atoms with Crippen LogP contribution in [-0.2, 0) is 14.8 Å². The van der Waals surface area contributed by atoms with E-state index in [1.54, 1.807) is 43.5 Å². The van der Waals surface area contributed by atoms with Crippen molar-refractivity contribution in [2.24, 2.45) is 0 Å². The van der Waals surface area contributed by atoms with Gasteiger partial charge >= 0.3 is 0 Å². The first kappa shape index (κ1) is 20.7. The predicted octanol–water partition coefficient (Wildman–Crippen LogP) is 2.28. The topological polar surface area (TPSA) is 84.9 Å². The molecule has 0 aliphatic heterocycles. The molecular weight excluding hydrogens is 368 g/mol. The highest BCUT2D eigenvalue weighted by Crippen LogP contribution is 2.17. The molecule has 0 fully saturated rings. The molecule has 0 atom stereocenters. The molecular formula is C19H24N2O5S. The largest absolute Gasteiger partial charge is 0.497 e. The number of aryl methyl sites for hydroxylation is 1. The summed E-state index contributed by atoms with van der Waals surface area (Å²) >= 11 is 0. The van der Waals surface area contributed by atoms with Crippen LogP contribution in [-0.4, -0.2) is 51.7 Å². The minimum absolute atomic E-state index is 0.0617. The van der Waals surface area contributed by atoms with Crippen molar-refractivity contribution in [3.8, 4) is 11.5 Å². The van der Waals surface area contributed by atoms with Crippen LogP contribution in [0.3, 0.4) is 0 Å². The molecule has 0 unspecified atom stereocenters. The van der Waals surface area contributed by atoms with E-state index < -0.39 is 15.9 Å². The number of carbonyl (C=O) groups excluding carboxylic acids is 1. The number of hydrogen-bond acceptors (Lipinski definition) is 5. The molecule has 27 heavy (non-hydrogen) atoms.